The molecule has 21 radical (unpaired) electrons. The first-order valence-electron chi connectivity index (χ1n) is 14.8. The van der Waals surface area contributed by atoms with Gasteiger partial charge in [0.1, 0.15) is 10.7 Å². The molecule has 2 heterocycles. The van der Waals surface area contributed by atoms with Gasteiger partial charge in [-0.2, -0.15) is 4.31 Å². The molecular weight excluding hydrogens is 580 g/mol. The highest BCUT2D eigenvalue weighted by molar-refractivity contribution is 8.18. The molecule has 1 saturated heterocycles. The lowest BCUT2D eigenvalue weighted by Crippen LogP contribution is -2.79. The van der Waals surface area contributed by atoms with Crippen LogP contribution in [-0.4, -0.2) is 166 Å². The van der Waals surface area contributed by atoms with E-state index in [9.17, 15) is 12.8 Å². The van der Waals surface area contributed by atoms with Gasteiger partial charge in [-0.25, -0.2) is 12.8 Å². The summed E-state index contributed by atoms with van der Waals surface area (Å²) in [5.74, 6) is -0.342. The minimum atomic E-state index is -3.59. The van der Waals surface area contributed by atoms with Gasteiger partial charge >= 0.3 is 0 Å². The molecule has 0 saturated carbocycles. The molecule has 0 N–H and O–H groups in total. The molecule has 1 aliphatic rings. The number of aryl methyl sites for hydroxylation is 2. The molecular formula is C19H22B19ClFN2O2S. The number of pyridine rings is 1. The Morgan fingerprint density at radius 1 is 0.933 bits per heavy atom. The summed E-state index contributed by atoms with van der Waals surface area (Å²) in [6.07, 6.45) is -0.650. The zero-order chi connectivity index (χ0) is 34.1. The molecule has 1 unspecified atom stereocenters. The Hall–Kier alpha value is -0.266. The average molecular weight is 602 g/mol. The van der Waals surface area contributed by atoms with Crippen LogP contribution in [0.15, 0.2) is 41.4 Å². The molecule has 1 fully saturated rings. The van der Waals surface area contributed by atoms with Crippen LogP contribution in [-0.2, 0) is 16.4 Å². The highest BCUT2D eigenvalue weighted by Crippen LogP contribution is 2.28. The second kappa shape index (κ2) is 19.1. The molecule has 45 heavy (non-hydrogen) atoms. The summed E-state index contributed by atoms with van der Waals surface area (Å²) < 4.78 is 41.6. The number of hydrogen-bond donors (Lipinski definition) is 0. The van der Waals surface area contributed by atoms with Gasteiger partial charge in [0.15, 0.2) is 0 Å². The van der Waals surface area contributed by atoms with Gasteiger partial charge in [-0.05, 0) is 62.4 Å². The van der Waals surface area contributed by atoms with Gasteiger partial charge in [0.2, 0.25) is 10.0 Å². The van der Waals surface area contributed by atoms with E-state index in [2.05, 4.69) is 4.98 Å². The molecule has 0 spiro atoms. The largest absolute Gasteiger partial charge is 0.260 e. The van der Waals surface area contributed by atoms with Gasteiger partial charge in [0.25, 0.3) is 0 Å². The van der Waals surface area contributed by atoms with Crippen molar-refractivity contribution in [3.05, 3.63) is 58.6 Å². The Labute approximate surface area is 292 Å². The number of halogens is 2. The van der Waals surface area contributed by atoms with Crippen molar-refractivity contribution in [2.45, 2.75) is 50.0 Å². The van der Waals surface area contributed by atoms with Crippen molar-refractivity contribution in [3.63, 3.8) is 0 Å². The molecule has 0 bridgehead atoms. The third-order valence-corrected chi connectivity index (χ3v) is 10.3. The van der Waals surface area contributed by atoms with E-state index >= 15 is 0 Å². The van der Waals surface area contributed by atoms with Crippen LogP contribution in [0.3, 0.4) is 0 Å². The fourth-order valence-corrected chi connectivity index (χ4v) is 7.63. The van der Waals surface area contributed by atoms with Gasteiger partial charge in [-0.15, -0.1) is 0 Å². The highest BCUT2D eigenvalue weighted by Gasteiger charge is 2.42. The van der Waals surface area contributed by atoms with Crippen LogP contribution in [0.25, 0.3) is 0 Å². The first-order chi connectivity index (χ1) is 21.0. The molecule has 26 heteroatoms. The minimum Gasteiger partial charge on any atom is -0.260 e. The number of hydrogen-bond acceptors (Lipinski definition) is 3. The summed E-state index contributed by atoms with van der Waals surface area (Å²) in [5.41, 5.74) is 1.34. The summed E-state index contributed by atoms with van der Waals surface area (Å²) >= 11 is 5.79. The van der Waals surface area contributed by atoms with Gasteiger partial charge in [0.05, 0.1) is 0 Å². The zero-order valence-corrected chi connectivity index (χ0v) is 27.2. The summed E-state index contributed by atoms with van der Waals surface area (Å²) in [6.45, 7) is 2.31. The topological polar surface area (TPSA) is 50.3 Å². The maximum absolute atomic E-state index is 14.0. The lowest BCUT2D eigenvalue weighted by Gasteiger charge is -2.41. The third kappa shape index (κ3) is 11.7. The molecule has 1 aromatic carbocycles. The van der Waals surface area contributed by atoms with E-state index in [0.717, 1.165) is 25.0 Å². The van der Waals surface area contributed by atoms with Crippen LogP contribution in [0.5, 0.6) is 0 Å². The van der Waals surface area contributed by atoms with Gasteiger partial charge in [-0.1, -0.05) is 24.1 Å². The standard InChI is InChI=1S/C19H22ClFN2O2S.B19/c1-14-5-10-18(13-22-14)26(24,25)23-11-3-2-4-17(23)9-7-15-6-8-16(20)12-19(15)21;1-11-16(10)19(17(12(2)3)13(4)5)18(14(6)7)15(8)9/h5-6,8,10,12-13,17H,2-4,7,9,11H2,1H3;. The van der Waals surface area contributed by atoms with Crippen molar-refractivity contribution in [2.75, 3.05) is 6.54 Å². The second-order valence-corrected chi connectivity index (χ2v) is 13.8. The Bertz CT molecular complexity index is 1270. The molecule has 0 amide bonds. The maximum Gasteiger partial charge on any atom is 0.244 e. The van der Waals surface area contributed by atoms with Crippen LogP contribution in [0.4, 0.5) is 4.39 Å². The normalized spacial score (nSPS) is 14.7. The van der Waals surface area contributed by atoms with E-state index in [1.165, 1.54) is 19.3 Å². The van der Waals surface area contributed by atoms with E-state index in [1.54, 1.807) is 28.6 Å². The fraction of sp³-hybridized carbons (Fsp3) is 0.421. The van der Waals surface area contributed by atoms with Crippen LogP contribution in [0, 0.1) is 12.7 Å². The van der Waals surface area contributed by atoms with Crippen LogP contribution >= 0.6 is 11.6 Å². The van der Waals surface area contributed by atoms with E-state index in [0.29, 0.717) is 30.0 Å². The Kier molecular flexibility index (Phi) is 17.3. The Balaban J connectivity index is 0.000000332. The monoisotopic (exact) mass is 605 g/mol. The first kappa shape index (κ1) is 40.9. The SMILES string of the molecule is Cc1ccc(S(=O)(=O)N2CCCCC2CCc2ccc(Cl)cc2F)cn1.[B][B]B([B])B(B(B([B])[B])B([B])[B])B(B([B])[B])B([B])[B]. The quantitative estimate of drug-likeness (QED) is 0.232. The van der Waals surface area contributed by atoms with Crippen molar-refractivity contribution in [2.24, 2.45) is 0 Å². The summed E-state index contributed by atoms with van der Waals surface area (Å²) in [5, 5.41) is 0.361. The minimum absolute atomic E-state index is 0.134. The van der Waals surface area contributed by atoms with Gasteiger partial charge in [-0.3, -0.25) is 4.98 Å². The highest BCUT2D eigenvalue weighted by atomic mass is 35.5. The molecule has 197 valence electrons. The molecule has 3 rings (SSSR count). The molecule has 1 atom stereocenters. The Morgan fingerprint density at radius 3 is 1.98 bits per heavy atom. The van der Waals surface area contributed by atoms with Crippen molar-refractivity contribution < 1.29 is 12.8 Å². The van der Waals surface area contributed by atoms with E-state index in [1.807, 2.05) is 6.92 Å². The van der Waals surface area contributed by atoms with Crippen molar-refractivity contribution in [1.29, 1.82) is 0 Å². The predicted molar refractivity (Wildman–Crippen MR) is 210 cm³/mol. The first-order valence-corrected chi connectivity index (χ1v) is 16.6. The number of aromatic nitrogens is 1. The van der Waals surface area contributed by atoms with Crippen molar-refractivity contribution in [3.8, 4) is 0 Å². The van der Waals surface area contributed by atoms with Crippen LogP contribution < -0.4 is 0 Å². The lowest BCUT2D eigenvalue weighted by atomic mass is 8.40. The average Bonchev–Trinajstić information content (AvgIpc) is 2.96. The summed E-state index contributed by atoms with van der Waals surface area (Å²) in [4.78, 5) is 4.33. The molecule has 2 aromatic rings. The summed E-state index contributed by atoms with van der Waals surface area (Å²) in [7, 11) is 54.8. The van der Waals surface area contributed by atoms with E-state index in [4.69, 9.17) is 89.0 Å². The smallest absolute Gasteiger partial charge is 0.244 e. The number of rotatable bonds is 13. The van der Waals surface area contributed by atoms with Crippen molar-refractivity contribution in [1.82, 2.24) is 9.29 Å². The second-order valence-electron chi connectivity index (χ2n) is 11.5. The predicted octanol–water partition coefficient (Wildman–Crippen LogP) is -2.88. The van der Waals surface area contributed by atoms with Crippen molar-refractivity contribution >= 4 is 157 Å². The Morgan fingerprint density at radius 2 is 1.51 bits per heavy atom. The molecule has 0 aliphatic carbocycles. The van der Waals surface area contributed by atoms with Gasteiger partial charge < -0.3 is 0 Å². The third-order valence-electron chi connectivity index (χ3n) is 8.16. The number of benzene rings is 1. The molecule has 4 nitrogen and oxygen atoms in total. The zero-order valence-electron chi connectivity index (χ0n) is 25.6. The summed E-state index contributed by atoms with van der Waals surface area (Å²) in [6, 6.07) is 7.79. The van der Waals surface area contributed by atoms with E-state index < -0.39 is 61.1 Å². The van der Waals surface area contributed by atoms with Gasteiger partial charge in [0, 0.05) is 165 Å². The number of piperidine rings is 1. The number of sulfonamides is 1. The maximum atomic E-state index is 14.0. The number of nitrogens with zero attached hydrogens (tertiary/aromatic N) is 2. The van der Waals surface area contributed by atoms with Crippen LogP contribution in [0.1, 0.15) is 36.9 Å². The fourth-order valence-electron chi connectivity index (χ4n) is 5.81. The van der Waals surface area contributed by atoms with Crippen LogP contribution in [0.2, 0.25) is 5.02 Å². The van der Waals surface area contributed by atoms with E-state index in [-0.39, 0.29) is 16.8 Å². The molecule has 1 aromatic heterocycles. The lowest BCUT2D eigenvalue weighted by molar-refractivity contribution is 0.240. The molecule has 1 aliphatic heterocycles.